The molecule has 0 saturated heterocycles. The monoisotopic (exact) mass is 430 g/mol. The first-order valence-corrected chi connectivity index (χ1v) is 10.1. The summed E-state index contributed by atoms with van der Waals surface area (Å²) < 4.78 is 4.92. The molecule has 7 heteroatoms. The minimum absolute atomic E-state index is 0.193. The van der Waals surface area contributed by atoms with Gasteiger partial charge < -0.3 is 15.4 Å². The third-order valence-electron chi connectivity index (χ3n) is 5.52. The Labute approximate surface area is 179 Å². The Morgan fingerprint density at radius 2 is 1.83 bits per heavy atom. The molecule has 0 fully saturated rings. The molecule has 0 spiro atoms. The number of methoxy groups -OCH3 is 1. The molecular weight excluding hydrogens is 411 g/mol. The molecule has 0 bridgehead atoms. The van der Waals surface area contributed by atoms with Crippen molar-refractivity contribution in [2.75, 3.05) is 17.7 Å². The third-order valence-corrected chi connectivity index (χ3v) is 6.35. The molecule has 4 rings (SSSR count). The second-order valence-electron chi connectivity index (χ2n) is 7.33. The molecule has 2 aliphatic rings. The molecule has 0 amide bonds. The van der Waals surface area contributed by atoms with E-state index in [1.807, 2.05) is 37.3 Å². The maximum atomic E-state index is 13.5. The number of ether oxygens (including phenoxy) is 1. The molecule has 1 aliphatic heterocycles. The van der Waals surface area contributed by atoms with Gasteiger partial charge in [0.15, 0.2) is 5.78 Å². The second-order valence-corrected chi connectivity index (χ2v) is 8.11. The highest BCUT2D eigenvalue weighted by molar-refractivity contribution is 6.42. The lowest BCUT2D eigenvalue weighted by atomic mass is 9.75. The van der Waals surface area contributed by atoms with Crippen LogP contribution in [0, 0.1) is 11.8 Å². The number of rotatable bonds is 2. The summed E-state index contributed by atoms with van der Waals surface area (Å²) in [5.41, 5.74) is 3.63. The number of anilines is 2. The number of carbonyl (C=O) groups excluding carboxylic acids is 2. The van der Waals surface area contributed by atoms with Gasteiger partial charge >= 0.3 is 5.97 Å². The Morgan fingerprint density at radius 1 is 1.10 bits per heavy atom. The molecule has 1 heterocycles. The standard InChI is InChI=1S/C22H20Cl2N2O3/c1-11-10-16-18(21(27)17(11)22(28)29-2)20(12-6-5-7-13(23)19(12)24)26-15-9-4-3-8-14(15)25-16/h3-9,11,17,20,25-26H,10H2,1-2H3. The smallest absolute Gasteiger partial charge is 0.316 e. The molecule has 29 heavy (non-hydrogen) atoms. The maximum Gasteiger partial charge on any atom is 0.316 e. The fourth-order valence-corrected chi connectivity index (χ4v) is 4.53. The molecule has 5 nitrogen and oxygen atoms in total. The molecule has 0 aromatic heterocycles. The van der Waals surface area contributed by atoms with Gasteiger partial charge in [-0.1, -0.05) is 54.4 Å². The van der Waals surface area contributed by atoms with Gasteiger partial charge in [-0.3, -0.25) is 9.59 Å². The van der Waals surface area contributed by atoms with Crippen molar-refractivity contribution in [3.63, 3.8) is 0 Å². The first-order chi connectivity index (χ1) is 13.9. The van der Waals surface area contributed by atoms with Crippen LogP contribution < -0.4 is 10.6 Å². The number of hydrogen-bond donors (Lipinski definition) is 2. The van der Waals surface area contributed by atoms with E-state index in [0.717, 1.165) is 17.1 Å². The van der Waals surface area contributed by atoms with Gasteiger partial charge in [0.2, 0.25) is 0 Å². The predicted octanol–water partition coefficient (Wildman–Crippen LogP) is 5.22. The van der Waals surface area contributed by atoms with E-state index in [1.54, 1.807) is 12.1 Å². The van der Waals surface area contributed by atoms with Gasteiger partial charge in [-0.25, -0.2) is 0 Å². The maximum absolute atomic E-state index is 13.5. The first kappa shape index (κ1) is 19.8. The quantitative estimate of drug-likeness (QED) is 0.504. The highest BCUT2D eigenvalue weighted by Crippen LogP contribution is 2.45. The number of benzene rings is 2. The number of esters is 1. The SMILES string of the molecule is COC(=O)C1C(=O)C2=C(CC1C)Nc1ccccc1NC2c1cccc(Cl)c1Cl. The molecule has 3 unspecified atom stereocenters. The van der Waals surface area contributed by atoms with Crippen molar-refractivity contribution in [1.82, 2.24) is 0 Å². The van der Waals surface area contributed by atoms with Crippen LogP contribution in [0.1, 0.15) is 24.9 Å². The van der Waals surface area contributed by atoms with Crippen LogP contribution in [-0.2, 0) is 14.3 Å². The highest BCUT2D eigenvalue weighted by atomic mass is 35.5. The van der Waals surface area contributed by atoms with Crippen LogP contribution in [0.3, 0.4) is 0 Å². The zero-order valence-corrected chi connectivity index (χ0v) is 17.5. The van der Waals surface area contributed by atoms with Crippen molar-refractivity contribution in [1.29, 1.82) is 0 Å². The predicted molar refractivity (Wildman–Crippen MR) is 114 cm³/mol. The summed E-state index contributed by atoms with van der Waals surface area (Å²) in [7, 11) is 1.30. The Morgan fingerprint density at radius 3 is 2.55 bits per heavy atom. The van der Waals surface area contributed by atoms with E-state index < -0.39 is 17.9 Å². The number of halogens is 2. The molecule has 2 aromatic carbocycles. The number of Topliss-reactive ketones (excluding diaryl/α,β-unsaturated/α-hetero) is 1. The summed E-state index contributed by atoms with van der Waals surface area (Å²) in [4.78, 5) is 25.9. The van der Waals surface area contributed by atoms with Crippen LogP contribution in [0.5, 0.6) is 0 Å². The van der Waals surface area contributed by atoms with E-state index in [2.05, 4.69) is 10.6 Å². The lowest BCUT2D eigenvalue weighted by Crippen LogP contribution is -2.39. The molecule has 2 N–H and O–H groups in total. The van der Waals surface area contributed by atoms with Gasteiger partial charge in [0.25, 0.3) is 0 Å². The second kappa shape index (κ2) is 7.73. The summed E-state index contributed by atoms with van der Waals surface area (Å²) >= 11 is 12.8. The lowest BCUT2D eigenvalue weighted by Gasteiger charge is -2.32. The van der Waals surface area contributed by atoms with Crippen LogP contribution in [0.2, 0.25) is 10.0 Å². The number of ketones is 1. The van der Waals surface area contributed by atoms with E-state index in [0.29, 0.717) is 27.6 Å². The zero-order valence-electron chi connectivity index (χ0n) is 16.0. The van der Waals surface area contributed by atoms with Crippen molar-refractivity contribution in [3.8, 4) is 0 Å². The van der Waals surface area contributed by atoms with Crippen molar-refractivity contribution in [2.45, 2.75) is 19.4 Å². The first-order valence-electron chi connectivity index (χ1n) is 9.34. The van der Waals surface area contributed by atoms with Crippen molar-refractivity contribution in [2.24, 2.45) is 11.8 Å². The van der Waals surface area contributed by atoms with Gasteiger partial charge in [0.05, 0.1) is 34.6 Å². The minimum Gasteiger partial charge on any atom is -0.468 e. The van der Waals surface area contributed by atoms with Gasteiger partial charge in [-0.15, -0.1) is 0 Å². The molecule has 0 saturated carbocycles. The van der Waals surface area contributed by atoms with E-state index in [4.69, 9.17) is 27.9 Å². The van der Waals surface area contributed by atoms with Crippen LogP contribution in [-0.4, -0.2) is 18.9 Å². The fraction of sp³-hybridized carbons (Fsp3) is 0.273. The van der Waals surface area contributed by atoms with Crippen LogP contribution in [0.15, 0.2) is 53.7 Å². The molecule has 1 aliphatic carbocycles. The molecule has 150 valence electrons. The summed E-state index contributed by atoms with van der Waals surface area (Å²) in [5.74, 6) is -1.84. The molecule has 0 radical (unpaired) electrons. The van der Waals surface area contributed by atoms with Crippen molar-refractivity contribution in [3.05, 3.63) is 69.3 Å². The Hall–Kier alpha value is -2.50. The van der Waals surface area contributed by atoms with Crippen molar-refractivity contribution >= 4 is 46.3 Å². The van der Waals surface area contributed by atoms with E-state index >= 15 is 0 Å². The fourth-order valence-electron chi connectivity index (χ4n) is 4.11. The van der Waals surface area contributed by atoms with Crippen LogP contribution >= 0.6 is 23.2 Å². The average molecular weight is 431 g/mol. The summed E-state index contributed by atoms with van der Waals surface area (Å²) in [6.45, 7) is 1.89. The average Bonchev–Trinajstić information content (AvgIpc) is 2.86. The molecular formula is C22H20Cl2N2O3. The molecule has 3 atom stereocenters. The summed E-state index contributed by atoms with van der Waals surface area (Å²) in [6.07, 6.45) is 0.533. The Kier molecular flexibility index (Phi) is 5.28. The topological polar surface area (TPSA) is 67.4 Å². The number of fused-ring (bicyclic) bond motifs is 1. The van der Waals surface area contributed by atoms with Crippen LogP contribution in [0.25, 0.3) is 0 Å². The van der Waals surface area contributed by atoms with Crippen molar-refractivity contribution < 1.29 is 14.3 Å². The third kappa shape index (κ3) is 3.38. The number of para-hydroxylation sites is 2. The normalized spacial score (nSPS) is 23.3. The van der Waals surface area contributed by atoms with Crippen LogP contribution in [0.4, 0.5) is 11.4 Å². The van der Waals surface area contributed by atoms with E-state index in [1.165, 1.54) is 7.11 Å². The highest BCUT2D eigenvalue weighted by Gasteiger charge is 2.44. The largest absolute Gasteiger partial charge is 0.468 e. The van der Waals surface area contributed by atoms with Gasteiger partial charge in [-0.05, 0) is 36.1 Å². The summed E-state index contributed by atoms with van der Waals surface area (Å²) in [5, 5.41) is 7.61. The number of nitrogens with one attached hydrogen (secondary N) is 2. The van der Waals surface area contributed by atoms with Gasteiger partial charge in [0, 0.05) is 11.3 Å². The Balaban J connectivity index is 1.92. The zero-order chi connectivity index (χ0) is 20.7. The minimum atomic E-state index is -0.857. The van der Waals surface area contributed by atoms with Gasteiger partial charge in [-0.2, -0.15) is 0 Å². The number of carbonyl (C=O) groups is 2. The van der Waals surface area contributed by atoms with Gasteiger partial charge in [0.1, 0.15) is 5.92 Å². The lowest BCUT2D eigenvalue weighted by molar-refractivity contribution is -0.151. The van der Waals surface area contributed by atoms with E-state index in [9.17, 15) is 9.59 Å². The number of hydrogen-bond acceptors (Lipinski definition) is 5. The van der Waals surface area contributed by atoms with E-state index in [-0.39, 0.29) is 11.7 Å². The summed E-state index contributed by atoms with van der Waals surface area (Å²) in [6, 6.07) is 12.5. The Bertz CT molecular complexity index is 1030. The number of allylic oxidation sites excluding steroid dienone is 1. The molecule has 2 aromatic rings.